The Morgan fingerprint density at radius 3 is 3.20 bits per heavy atom. The molecule has 10 heavy (non-hydrogen) atoms. The largest absolute Gasteiger partial charge is 0.161 e. The van der Waals surface area contributed by atoms with Gasteiger partial charge in [-0.05, 0) is 35.7 Å². The standard InChI is InChI=1S/C9H14S/c1-9-5-3-2-4-8(9)6-10-7-9/h2-3,8H,4-7H2,1H3/t8-,9+/m1/s1. The molecule has 2 rings (SSSR count). The minimum absolute atomic E-state index is 0.666. The summed E-state index contributed by atoms with van der Waals surface area (Å²) in [5.74, 6) is 3.78. The van der Waals surface area contributed by atoms with E-state index in [1.807, 2.05) is 0 Å². The van der Waals surface area contributed by atoms with Crippen LogP contribution in [-0.4, -0.2) is 11.5 Å². The number of hydrogen-bond acceptors (Lipinski definition) is 1. The molecule has 0 amide bonds. The molecule has 0 aromatic heterocycles. The predicted molar refractivity (Wildman–Crippen MR) is 47.3 cm³/mol. The molecule has 1 heteroatoms. The molecule has 0 aromatic rings. The molecule has 1 saturated heterocycles. The molecule has 0 saturated carbocycles. The second-order valence-electron chi connectivity index (χ2n) is 3.78. The van der Waals surface area contributed by atoms with Crippen LogP contribution < -0.4 is 0 Å². The highest BCUT2D eigenvalue weighted by Gasteiger charge is 2.38. The third kappa shape index (κ3) is 0.914. The molecule has 0 bridgehead atoms. The first kappa shape index (κ1) is 6.78. The summed E-state index contributed by atoms with van der Waals surface area (Å²) in [5, 5.41) is 0. The SMILES string of the molecule is C[C@@]12CC=CC[C@@H]1CSC2. The lowest BCUT2D eigenvalue weighted by molar-refractivity contribution is 0.251. The molecule has 1 aliphatic heterocycles. The van der Waals surface area contributed by atoms with Gasteiger partial charge in [-0.3, -0.25) is 0 Å². The van der Waals surface area contributed by atoms with E-state index in [4.69, 9.17) is 0 Å². The van der Waals surface area contributed by atoms with E-state index in [9.17, 15) is 0 Å². The lowest BCUT2D eigenvalue weighted by atomic mass is 9.73. The van der Waals surface area contributed by atoms with E-state index in [2.05, 4.69) is 30.8 Å². The molecule has 0 spiro atoms. The highest BCUT2D eigenvalue weighted by molar-refractivity contribution is 7.99. The molecule has 0 unspecified atom stereocenters. The molecular weight excluding hydrogens is 140 g/mol. The normalized spacial score (nSPS) is 45.5. The maximum absolute atomic E-state index is 2.45. The Labute approximate surface area is 67.1 Å². The Balaban J connectivity index is 2.20. The zero-order chi connectivity index (χ0) is 7.03. The van der Waals surface area contributed by atoms with Gasteiger partial charge in [0.05, 0.1) is 0 Å². The average molecular weight is 154 g/mol. The monoisotopic (exact) mass is 154 g/mol. The van der Waals surface area contributed by atoms with Crippen LogP contribution in [0, 0.1) is 11.3 Å². The fraction of sp³-hybridized carbons (Fsp3) is 0.778. The van der Waals surface area contributed by atoms with E-state index in [0.717, 1.165) is 5.92 Å². The molecule has 2 aliphatic rings. The first-order valence-corrected chi connectivity index (χ1v) is 5.19. The highest BCUT2D eigenvalue weighted by Crippen LogP contribution is 2.47. The van der Waals surface area contributed by atoms with Crippen LogP contribution in [0.5, 0.6) is 0 Å². The van der Waals surface area contributed by atoms with Crippen molar-refractivity contribution in [2.45, 2.75) is 19.8 Å². The van der Waals surface area contributed by atoms with Crippen LogP contribution in [0.4, 0.5) is 0 Å². The summed E-state index contributed by atoms with van der Waals surface area (Å²) in [6, 6.07) is 0. The zero-order valence-electron chi connectivity index (χ0n) is 6.47. The summed E-state index contributed by atoms with van der Waals surface area (Å²) >= 11 is 2.14. The summed E-state index contributed by atoms with van der Waals surface area (Å²) in [6.07, 6.45) is 7.38. The van der Waals surface area contributed by atoms with Gasteiger partial charge in [-0.25, -0.2) is 0 Å². The summed E-state index contributed by atoms with van der Waals surface area (Å²) in [6.45, 7) is 2.45. The zero-order valence-corrected chi connectivity index (χ0v) is 7.29. The van der Waals surface area contributed by atoms with Gasteiger partial charge in [-0.15, -0.1) is 0 Å². The lowest BCUT2D eigenvalue weighted by Gasteiger charge is -2.31. The van der Waals surface area contributed by atoms with Gasteiger partial charge in [0, 0.05) is 0 Å². The van der Waals surface area contributed by atoms with Crippen molar-refractivity contribution in [1.82, 2.24) is 0 Å². The third-order valence-electron chi connectivity index (χ3n) is 2.91. The molecule has 0 nitrogen and oxygen atoms in total. The molecule has 0 aromatic carbocycles. The molecule has 0 radical (unpaired) electrons. The second-order valence-corrected chi connectivity index (χ2v) is 4.81. The molecule has 1 fully saturated rings. The molecule has 0 N–H and O–H groups in total. The molecule has 56 valence electrons. The summed E-state index contributed by atoms with van der Waals surface area (Å²) in [7, 11) is 0. The minimum atomic E-state index is 0.666. The maximum Gasteiger partial charge on any atom is -0.000731 e. The van der Waals surface area contributed by atoms with Crippen molar-refractivity contribution in [2.75, 3.05) is 11.5 Å². The number of hydrogen-bond donors (Lipinski definition) is 0. The number of rotatable bonds is 0. The van der Waals surface area contributed by atoms with Crippen molar-refractivity contribution in [1.29, 1.82) is 0 Å². The first-order valence-electron chi connectivity index (χ1n) is 4.04. The average Bonchev–Trinajstić information content (AvgIpc) is 2.29. The Bertz CT molecular complexity index is 162. The van der Waals surface area contributed by atoms with E-state index < -0.39 is 0 Å². The number of fused-ring (bicyclic) bond motifs is 1. The summed E-state index contributed by atoms with van der Waals surface area (Å²) < 4.78 is 0. The molecule has 2 atom stereocenters. The van der Waals surface area contributed by atoms with Crippen LogP contribution in [0.2, 0.25) is 0 Å². The first-order chi connectivity index (χ1) is 4.81. The van der Waals surface area contributed by atoms with E-state index in [1.165, 1.54) is 24.3 Å². The van der Waals surface area contributed by atoms with Crippen LogP contribution >= 0.6 is 11.8 Å². The van der Waals surface area contributed by atoms with Crippen LogP contribution in [-0.2, 0) is 0 Å². The smallest absolute Gasteiger partial charge is 0.000731 e. The Kier molecular flexibility index (Phi) is 1.56. The van der Waals surface area contributed by atoms with Gasteiger partial charge in [-0.2, -0.15) is 11.8 Å². The van der Waals surface area contributed by atoms with E-state index >= 15 is 0 Å². The van der Waals surface area contributed by atoms with Crippen molar-refractivity contribution in [3.05, 3.63) is 12.2 Å². The molecule has 1 heterocycles. The quantitative estimate of drug-likeness (QED) is 0.483. The minimum Gasteiger partial charge on any atom is -0.161 e. The van der Waals surface area contributed by atoms with Crippen molar-refractivity contribution < 1.29 is 0 Å². The Hall–Kier alpha value is 0.0900. The predicted octanol–water partition coefficient (Wildman–Crippen LogP) is 2.71. The van der Waals surface area contributed by atoms with Gasteiger partial charge >= 0.3 is 0 Å². The van der Waals surface area contributed by atoms with E-state index in [1.54, 1.807) is 0 Å². The van der Waals surface area contributed by atoms with Gasteiger partial charge < -0.3 is 0 Å². The maximum atomic E-state index is 2.45. The van der Waals surface area contributed by atoms with Gasteiger partial charge in [0.2, 0.25) is 0 Å². The highest BCUT2D eigenvalue weighted by atomic mass is 32.2. The summed E-state index contributed by atoms with van der Waals surface area (Å²) in [4.78, 5) is 0. The van der Waals surface area contributed by atoms with E-state index in [0.29, 0.717) is 5.41 Å². The van der Waals surface area contributed by atoms with Crippen LogP contribution in [0.1, 0.15) is 19.8 Å². The fourth-order valence-electron chi connectivity index (χ4n) is 1.94. The molecule has 1 aliphatic carbocycles. The number of allylic oxidation sites excluding steroid dienone is 2. The third-order valence-corrected chi connectivity index (χ3v) is 4.41. The fourth-order valence-corrected chi connectivity index (χ4v) is 3.71. The lowest BCUT2D eigenvalue weighted by Crippen LogP contribution is -2.26. The van der Waals surface area contributed by atoms with Gasteiger partial charge in [0.25, 0.3) is 0 Å². The van der Waals surface area contributed by atoms with E-state index in [-0.39, 0.29) is 0 Å². The van der Waals surface area contributed by atoms with Gasteiger partial charge in [-0.1, -0.05) is 19.1 Å². The van der Waals surface area contributed by atoms with Crippen molar-refractivity contribution in [2.24, 2.45) is 11.3 Å². The van der Waals surface area contributed by atoms with Crippen molar-refractivity contribution in [3.63, 3.8) is 0 Å². The Morgan fingerprint density at radius 1 is 1.50 bits per heavy atom. The Morgan fingerprint density at radius 2 is 2.40 bits per heavy atom. The summed E-state index contributed by atoms with van der Waals surface area (Å²) in [5.41, 5.74) is 0.666. The second kappa shape index (κ2) is 2.30. The van der Waals surface area contributed by atoms with Crippen molar-refractivity contribution >= 4 is 11.8 Å². The molecular formula is C9H14S. The number of thioether (sulfide) groups is 1. The van der Waals surface area contributed by atoms with Crippen LogP contribution in [0.3, 0.4) is 0 Å². The van der Waals surface area contributed by atoms with Crippen LogP contribution in [0.15, 0.2) is 12.2 Å². The van der Waals surface area contributed by atoms with Gasteiger partial charge in [0.15, 0.2) is 0 Å². The topological polar surface area (TPSA) is 0 Å². The van der Waals surface area contributed by atoms with Crippen molar-refractivity contribution in [3.8, 4) is 0 Å². The van der Waals surface area contributed by atoms with Gasteiger partial charge in [0.1, 0.15) is 0 Å². The van der Waals surface area contributed by atoms with Crippen LogP contribution in [0.25, 0.3) is 0 Å².